The quantitative estimate of drug-likeness (QED) is 0.941. The van der Waals surface area contributed by atoms with Gasteiger partial charge in [0.15, 0.2) is 0 Å². The molecule has 20 heavy (non-hydrogen) atoms. The number of carbonyl (C=O) groups excluding carboxylic acids is 1. The molecule has 0 aliphatic rings. The topological polar surface area (TPSA) is 46.2 Å². The number of anilines is 1. The fraction of sp³-hybridized carbons (Fsp3) is 0.133. The maximum absolute atomic E-state index is 13.4. The van der Waals surface area contributed by atoms with Crippen molar-refractivity contribution >= 4 is 22.4 Å². The molecule has 0 fully saturated rings. The molecule has 1 amide bonds. The molecule has 1 unspecified atom stereocenters. The first-order valence-electron chi connectivity index (χ1n) is 6.05. The minimum atomic E-state index is -1.69. The Bertz CT molecular complexity index is 658. The van der Waals surface area contributed by atoms with Gasteiger partial charge in [-0.1, -0.05) is 24.3 Å². The number of hydrogen-bond acceptors (Lipinski definition) is 2. The molecule has 104 valence electrons. The Kier molecular flexibility index (Phi) is 4.63. The first-order chi connectivity index (χ1) is 9.56. The lowest BCUT2D eigenvalue weighted by Crippen LogP contribution is -2.20. The van der Waals surface area contributed by atoms with Gasteiger partial charge in [0.2, 0.25) is 5.91 Å². The van der Waals surface area contributed by atoms with Crippen molar-refractivity contribution in [2.24, 2.45) is 0 Å². The molecule has 3 nitrogen and oxygen atoms in total. The van der Waals surface area contributed by atoms with Gasteiger partial charge in [0.05, 0.1) is 15.7 Å². The predicted molar refractivity (Wildman–Crippen MR) is 77.5 cm³/mol. The molecule has 0 aromatic heterocycles. The summed E-state index contributed by atoms with van der Waals surface area (Å²) in [5.74, 6) is -1.24. The molecule has 0 saturated heterocycles. The van der Waals surface area contributed by atoms with Gasteiger partial charge in [0.1, 0.15) is 11.6 Å². The second-order valence-corrected chi connectivity index (χ2v) is 5.76. The third-order valence-corrected chi connectivity index (χ3v) is 3.99. The molecule has 0 aliphatic carbocycles. The molecule has 0 heterocycles. The maximum atomic E-state index is 13.4. The van der Waals surface area contributed by atoms with Crippen LogP contribution in [0.15, 0.2) is 53.4 Å². The van der Waals surface area contributed by atoms with Crippen molar-refractivity contribution in [3.8, 4) is 0 Å². The van der Waals surface area contributed by atoms with Gasteiger partial charge in [0.25, 0.3) is 0 Å². The maximum Gasteiger partial charge on any atom is 0.237 e. The molecular formula is C15H14FNO2S. The van der Waals surface area contributed by atoms with Crippen LogP contribution in [0.3, 0.4) is 0 Å². The summed E-state index contributed by atoms with van der Waals surface area (Å²) in [6.07, 6.45) is 0. The van der Waals surface area contributed by atoms with E-state index in [1.807, 2.05) is 25.1 Å². The predicted octanol–water partition coefficient (Wildman–Crippen LogP) is 2.88. The number of benzene rings is 2. The molecule has 2 aromatic rings. The van der Waals surface area contributed by atoms with E-state index in [1.165, 1.54) is 18.2 Å². The van der Waals surface area contributed by atoms with Crippen molar-refractivity contribution in [3.63, 3.8) is 0 Å². The summed E-state index contributed by atoms with van der Waals surface area (Å²) in [5.41, 5.74) is 1.65. The summed E-state index contributed by atoms with van der Waals surface area (Å²) in [5, 5.41) is 2.65. The van der Waals surface area contributed by atoms with Crippen LogP contribution in [0, 0.1) is 12.7 Å². The van der Waals surface area contributed by atoms with E-state index in [4.69, 9.17) is 0 Å². The van der Waals surface area contributed by atoms with Crippen molar-refractivity contribution in [2.75, 3.05) is 11.1 Å². The number of halogens is 1. The Balaban J connectivity index is 2.02. The van der Waals surface area contributed by atoms with E-state index in [0.717, 1.165) is 5.56 Å². The van der Waals surface area contributed by atoms with Gasteiger partial charge in [-0.25, -0.2) is 4.39 Å². The molecule has 0 aliphatic heterocycles. The Morgan fingerprint density at radius 2 is 1.95 bits per heavy atom. The van der Waals surface area contributed by atoms with Crippen LogP contribution < -0.4 is 5.32 Å². The average Bonchev–Trinajstić information content (AvgIpc) is 2.38. The summed E-state index contributed by atoms with van der Waals surface area (Å²) >= 11 is 0. The van der Waals surface area contributed by atoms with E-state index in [0.29, 0.717) is 5.69 Å². The zero-order valence-electron chi connectivity index (χ0n) is 10.9. The average molecular weight is 291 g/mol. The zero-order chi connectivity index (χ0) is 14.5. The lowest BCUT2D eigenvalue weighted by Gasteiger charge is -2.06. The van der Waals surface area contributed by atoms with Crippen molar-refractivity contribution < 1.29 is 13.4 Å². The third-order valence-electron chi connectivity index (χ3n) is 2.65. The van der Waals surface area contributed by atoms with Gasteiger partial charge in [-0.05, 0) is 36.8 Å². The van der Waals surface area contributed by atoms with E-state index >= 15 is 0 Å². The monoisotopic (exact) mass is 291 g/mol. The molecule has 0 saturated carbocycles. The van der Waals surface area contributed by atoms with Crippen LogP contribution in [-0.2, 0) is 15.6 Å². The van der Waals surface area contributed by atoms with E-state index < -0.39 is 22.5 Å². The molecular weight excluding hydrogens is 277 g/mol. The SMILES string of the molecule is Cc1cccc(NC(=O)CS(=O)c2ccccc2F)c1. The number of rotatable bonds is 4. The minimum absolute atomic E-state index is 0.0480. The summed E-state index contributed by atoms with van der Waals surface area (Å²) in [7, 11) is -1.69. The highest BCUT2D eigenvalue weighted by Crippen LogP contribution is 2.13. The van der Waals surface area contributed by atoms with Crippen LogP contribution in [0.4, 0.5) is 10.1 Å². The summed E-state index contributed by atoms with van der Waals surface area (Å²) < 4.78 is 25.4. The second kappa shape index (κ2) is 6.43. The van der Waals surface area contributed by atoms with Crippen LogP contribution in [0.25, 0.3) is 0 Å². The number of hydrogen-bond donors (Lipinski definition) is 1. The molecule has 5 heteroatoms. The van der Waals surface area contributed by atoms with E-state index in [1.54, 1.807) is 12.1 Å². The van der Waals surface area contributed by atoms with Gasteiger partial charge in [-0.15, -0.1) is 0 Å². The standard InChI is InChI=1S/C15H14FNO2S/c1-11-5-4-6-12(9-11)17-15(18)10-20(19)14-8-3-2-7-13(14)16/h2-9H,10H2,1H3,(H,17,18). The number of aryl methyl sites for hydroxylation is 1. The number of amides is 1. The fourth-order valence-corrected chi connectivity index (χ4v) is 2.73. The Morgan fingerprint density at radius 3 is 2.65 bits per heavy atom. The van der Waals surface area contributed by atoms with Crippen LogP contribution in [-0.4, -0.2) is 15.9 Å². The Morgan fingerprint density at radius 1 is 1.20 bits per heavy atom. The highest BCUT2D eigenvalue weighted by Gasteiger charge is 2.13. The van der Waals surface area contributed by atoms with Crippen molar-refractivity contribution in [3.05, 3.63) is 59.9 Å². The van der Waals surface area contributed by atoms with Gasteiger partial charge in [-0.3, -0.25) is 9.00 Å². The van der Waals surface area contributed by atoms with Crippen LogP contribution >= 0.6 is 0 Å². The summed E-state index contributed by atoms with van der Waals surface area (Å²) in [6, 6.07) is 13.0. The first kappa shape index (κ1) is 14.4. The smallest absolute Gasteiger partial charge is 0.237 e. The molecule has 0 bridgehead atoms. The lowest BCUT2D eigenvalue weighted by atomic mass is 10.2. The van der Waals surface area contributed by atoms with E-state index in [2.05, 4.69) is 5.32 Å². The second-order valence-electron chi connectivity index (χ2n) is 4.34. The third kappa shape index (κ3) is 3.74. The van der Waals surface area contributed by atoms with E-state index in [9.17, 15) is 13.4 Å². The van der Waals surface area contributed by atoms with Gasteiger partial charge < -0.3 is 5.32 Å². The molecule has 0 spiro atoms. The number of nitrogens with one attached hydrogen (secondary N) is 1. The van der Waals surface area contributed by atoms with Gasteiger partial charge in [0, 0.05) is 5.69 Å². The zero-order valence-corrected chi connectivity index (χ0v) is 11.7. The summed E-state index contributed by atoms with van der Waals surface area (Å²) in [6.45, 7) is 1.91. The van der Waals surface area contributed by atoms with Crippen LogP contribution in [0.5, 0.6) is 0 Å². The van der Waals surface area contributed by atoms with Crippen LogP contribution in [0.2, 0.25) is 0 Å². The van der Waals surface area contributed by atoms with Gasteiger partial charge in [-0.2, -0.15) is 0 Å². The normalized spacial score (nSPS) is 11.9. The molecule has 1 N–H and O–H groups in total. The summed E-state index contributed by atoms with van der Waals surface area (Å²) in [4.78, 5) is 11.8. The molecule has 1 atom stereocenters. The fourth-order valence-electron chi connectivity index (χ4n) is 1.75. The van der Waals surface area contributed by atoms with Crippen molar-refractivity contribution in [2.45, 2.75) is 11.8 Å². The number of carbonyl (C=O) groups is 1. The Hall–Kier alpha value is -2.01. The first-order valence-corrected chi connectivity index (χ1v) is 7.37. The van der Waals surface area contributed by atoms with Crippen molar-refractivity contribution in [1.82, 2.24) is 0 Å². The van der Waals surface area contributed by atoms with Crippen LogP contribution in [0.1, 0.15) is 5.56 Å². The minimum Gasteiger partial charge on any atom is -0.325 e. The highest BCUT2D eigenvalue weighted by atomic mass is 32.2. The molecule has 2 rings (SSSR count). The van der Waals surface area contributed by atoms with Crippen molar-refractivity contribution in [1.29, 1.82) is 0 Å². The largest absolute Gasteiger partial charge is 0.325 e. The highest BCUT2D eigenvalue weighted by molar-refractivity contribution is 7.85. The van der Waals surface area contributed by atoms with E-state index in [-0.39, 0.29) is 10.6 Å². The lowest BCUT2D eigenvalue weighted by molar-refractivity contribution is -0.113. The molecule has 2 aromatic carbocycles. The Labute approximate surface area is 119 Å². The molecule has 0 radical (unpaired) electrons. The van der Waals surface area contributed by atoms with Gasteiger partial charge >= 0.3 is 0 Å².